The highest BCUT2D eigenvalue weighted by Crippen LogP contribution is 2.36. The summed E-state index contributed by atoms with van der Waals surface area (Å²) in [5.74, 6) is 1.12. The molecule has 0 spiro atoms. The van der Waals surface area contributed by atoms with Crippen molar-refractivity contribution in [1.82, 2.24) is 29.8 Å². The molecule has 5 aromatic rings. The number of aromatic nitrogens is 5. The lowest BCUT2D eigenvalue weighted by Gasteiger charge is -2.34. The van der Waals surface area contributed by atoms with Gasteiger partial charge < -0.3 is 19.5 Å². The van der Waals surface area contributed by atoms with Crippen LogP contribution in [-0.4, -0.2) is 56.3 Å². The molecule has 5 heterocycles. The maximum Gasteiger partial charge on any atom is 0.319 e. The molecular formula is C30H30FN7O. The SMILES string of the molecule is Cc1cccc2cccc(-c3ncc4c(N5CC6CCC(C5)N6)nc(OCCc5nccn5C)nc4c3F)c12. The summed E-state index contributed by atoms with van der Waals surface area (Å²) in [5, 5.41) is 6.30. The largest absolute Gasteiger partial charge is 0.463 e. The second-order valence-corrected chi connectivity index (χ2v) is 10.6. The second kappa shape index (κ2) is 9.57. The van der Waals surface area contributed by atoms with Crippen molar-refractivity contribution >= 4 is 27.5 Å². The van der Waals surface area contributed by atoms with Gasteiger partial charge in [0, 0.05) is 62.8 Å². The van der Waals surface area contributed by atoms with Crippen molar-refractivity contribution in [3.63, 3.8) is 0 Å². The molecule has 0 aliphatic carbocycles. The first-order chi connectivity index (χ1) is 19.0. The number of ether oxygens (including phenoxy) is 1. The molecule has 2 bridgehead atoms. The van der Waals surface area contributed by atoms with E-state index < -0.39 is 5.82 Å². The molecule has 2 atom stereocenters. The quantitative estimate of drug-likeness (QED) is 0.349. The average Bonchev–Trinajstić information content (AvgIpc) is 3.51. The lowest BCUT2D eigenvalue weighted by atomic mass is 9.97. The molecule has 1 N–H and O–H groups in total. The Bertz CT molecular complexity index is 1680. The van der Waals surface area contributed by atoms with E-state index in [1.54, 1.807) is 12.4 Å². The van der Waals surface area contributed by atoms with Crippen molar-refractivity contribution < 1.29 is 9.13 Å². The van der Waals surface area contributed by atoms with E-state index in [0.717, 1.165) is 53.7 Å². The van der Waals surface area contributed by atoms with Gasteiger partial charge in [0.05, 0.1) is 12.0 Å². The van der Waals surface area contributed by atoms with Crippen molar-refractivity contribution in [2.75, 3.05) is 24.6 Å². The molecule has 2 unspecified atom stereocenters. The van der Waals surface area contributed by atoms with E-state index in [1.165, 1.54) is 0 Å². The molecule has 7 rings (SSSR count). The van der Waals surface area contributed by atoms with E-state index >= 15 is 4.39 Å². The summed E-state index contributed by atoms with van der Waals surface area (Å²) < 4.78 is 24.4. The van der Waals surface area contributed by atoms with Gasteiger partial charge in [-0.3, -0.25) is 4.98 Å². The van der Waals surface area contributed by atoms with E-state index in [-0.39, 0.29) is 17.2 Å². The number of hydrogen-bond acceptors (Lipinski definition) is 7. The molecule has 0 amide bonds. The number of imidazole rings is 1. The molecule has 0 saturated carbocycles. The summed E-state index contributed by atoms with van der Waals surface area (Å²) in [6.45, 7) is 3.99. The van der Waals surface area contributed by atoms with Crippen LogP contribution in [0.5, 0.6) is 6.01 Å². The van der Waals surface area contributed by atoms with E-state index in [2.05, 4.69) is 25.2 Å². The van der Waals surface area contributed by atoms with E-state index in [0.29, 0.717) is 36.3 Å². The monoisotopic (exact) mass is 523 g/mol. The number of benzene rings is 2. The number of halogens is 1. The highest BCUT2D eigenvalue weighted by atomic mass is 19.1. The van der Waals surface area contributed by atoms with E-state index in [1.807, 2.05) is 61.1 Å². The Hall–Kier alpha value is -4.11. The molecule has 2 fully saturated rings. The number of rotatable bonds is 6. The fraction of sp³-hybridized carbons (Fsp3) is 0.333. The smallest absolute Gasteiger partial charge is 0.319 e. The summed E-state index contributed by atoms with van der Waals surface area (Å²) in [4.78, 5) is 20.7. The van der Waals surface area contributed by atoms with Crippen LogP contribution in [0.25, 0.3) is 32.9 Å². The highest BCUT2D eigenvalue weighted by Gasteiger charge is 2.34. The Kier molecular flexibility index (Phi) is 5.88. The lowest BCUT2D eigenvalue weighted by molar-refractivity contribution is 0.293. The molecule has 3 aromatic heterocycles. The molecule has 2 aromatic carbocycles. The molecule has 2 aliphatic heterocycles. The fourth-order valence-electron chi connectivity index (χ4n) is 6.08. The molecule has 2 aliphatic rings. The predicted octanol–water partition coefficient (Wildman–Crippen LogP) is 4.59. The number of hydrogen-bond donors (Lipinski definition) is 1. The van der Waals surface area contributed by atoms with E-state index in [4.69, 9.17) is 9.72 Å². The summed E-state index contributed by atoms with van der Waals surface area (Å²) in [7, 11) is 1.95. The Labute approximate surface area is 225 Å². The molecule has 39 heavy (non-hydrogen) atoms. The minimum Gasteiger partial charge on any atom is -0.463 e. The predicted molar refractivity (Wildman–Crippen MR) is 150 cm³/mol. The van der Waals surface area contributed by atoms with Gasteiger partial charge in [0.1, 0.15) is 22.9 Å². The van der Waals surface area contributed by atoms with Gasteiger partial charge in [-0.05, 0) is 36.1 Å². The van der Waals surface area contributed by atoms with Crippen LogP contribution in [0, 0.1) is 12.7 Å². The van der Waals surface area contributed by atoms with Crippen LogP contribution in [0.1, 0.15) is 24.2 Å². The van der Waals surface area contributed by atoms with Crippen molar-refractivity contribution in [2.45, 2.75) is 38.3 Å². The van der Waals surface area contributed by atoms with Crippen molar-refractivity contribution in [3.8, 4) is 17.3 Å². The Morgan fingerprint density at radius 1 is 1.05 bits per heavy atom. The van der Waals surface area contributed by atoms with E-state index in [9.17, 15) is 0 Å². The minimum atomic E-state index is -0.459. The first-order valence-electron chi connectivity index (χ1n) is 13.5. The van der Waals surface area contributed by atoms with Gasteiger partial charge in [0.25, 0.3) is 0 Å². The average molecular weight is 524 g/mol. The number of anilines is 1. The van der Waals surface area contributed by atoms with Gasteiger partial charge in [-0.15, -0.1) is 0 Å². The van der Waals surface area contributed by atoms with Crippen LogP contribution in [0.4, 0.5) is 10.2 Å². The van der Waals surface area contributed by atoms with Gasteiger partial charge >= 0.3 is 6.01 Å². The van der Waals surface area contributed by atoms with Gasteiger partial charge in [-0.2, -0.15) is 9.97 Å². The van der Waals surface area contributed by atoms with Gasteiger partial charge in [-0.25, -0.2) is 9.37 Å². The lowest BCUT2D eigenvalue weighted by Crippen LogP contribution is -2.51. The second-order valence-electron chi connectivity index (χ2n) is 10.6. The Morgan fingerprint density at radius 3 is 2.62 bits per heavy atom. The summed E-state index contributed by atoms with van der Waals surface area (Å²) >= 11 is 0. The highest BCUT2D eigenvalue weighted by molar-refractivity contribution is 6.00. The zero-order chi connectivity index (χ0) is 26.5. The first-order valence-corrected chi connectivity index (χ1v) is 13.5. The zero-order valence-electron chi connectivity index (χ0n) is 22.1. The number of nitrogens with one attached hydrogen (secondary N) is 1. The minimum absolute atomic E-state index is 0.169. The van der Waals surface area contributed by atoms with Crippen LogP contribution in [0.15, 0.2) is 55.0 Å². The summed E-state index contributed by atoms with van der Waals surface area (Å²) in [6.07, 6.45) is 8.25. The molecule has 2 saturated heterocycles. The van der Waals surface area contributed by atoms with Crippen LogP contribution in [0.3, 0.4) is 0 Å². The number of piperazine rings is 1. The Morgan fingerprint density at radius 2 is 1.85 bits per heavy atom. The number of aryl methyl sites for hydroxylation is 2. The molecule has 198 valence electrons. The number of pyridine rings is 1. The van der Waals surface area contributed by atoms with Crippen molar-refractivity contribution in [2.24, 2.45) is 7.05 Å². The van der Waals surface area contributed by atoms with Crippen LogP contribution in [0.2, 0.25) is 0 Å². The molecule has 9 heteroatoms. The molecule has 8 nitrogen and oxygen atoms in total. The van der Waals surface area contributed by atoms with Crippen molar-refractivity contribution in [3.05, 3.63) is 72.2 Å². The van der Waals surface area contributed by atoms with Crippen LogP contribution >= 0.6 is 0 Å². The first kappa shape index (κ1) is 24.0. The zero-order valence-corrected chi connectivity index (χ0v) is 22.1. The Balaban J connectivity index is 1.33. The topological polar surface area (TPSA) is 81.0 Å². The maximum absolute atomic E-state index is 16.5. The molecule has 0 radical (unpaired) electrons. The normalized spacial score (nSPS) is 18.8. The van der Waals surface area contributed by atoms with Gasteiger partial charge in [0.2, 0.25) is 0 Å². The number of fused-ring (bicyclic) bond motifs is 4. The fourth-order valence-corrected chi connectivity index (χ4v) is 6.08. The third kappa shape index (κ3) is 4.27. The van der Waals surface area contributed by atoms with Crippen molar-refractivity contribution in [1.29, 1.82) is 0 Å². The molecular weight excluding hydrogens is 493 g/mol. The maximum atomic E-state index is 16.5. The standard InChI is InChI=1S/C30H30FN7O/c1-18-5-3-6-19-7-4-8-22(25(18)19)27-26(31)28-23(15-33-27)29(38-16-20-9-10-21(17-38)34-20)36-30(35-28)39-14-11-24-32-12-13-37(24)2/h3-8,12-13,15,20-21,34H,9-11,14,16-17H2,1-2H3. The van der Waals surface area contributed by atoms with Gasteiger partial charge in [-0.1, -0.05) is 36.4 Å². The summed E-state index contributed by atoms with van der Waals surface area (Å²) in [6, 6.07) is 13.0. The third-order valence-corrected chi connectivity index (χ3v) is 8.01. The third-order valence-electron chi connectivity index (χ3n) is 8.01. The van der Waals surface area contributed by atoms with Crippen LogP contribution < -0.4 is 15.0 Å². The summed E-state index contributed by atoms with van der Waals surface area (Å²) in [5.41, 5.74) is 2.34. The van der Waals surface area contributed by atoms with Gasteiger partial charge in [0.15, 0.2) is 5.82 Å². The van der Waals surface area contributed by atoms with Crippen LogP contribution in [-0.2, 0) is 13.5 Å². The number of nitrogens with zero attached hydrogens (tertiary/aromatic N) is 6.